The van der Waals surface area contributed by atoms with Crippen LogP contribution in [0, 0.1) is 0 Å². The Labute approximate surface area is 690 Å². The van der Waals surface area contributed by atoms with E-state index < -0.39 is 198 Å². The highest BCUT2D eigenvalue weighted by molar-refractivity contribution is 6.93. The molecular weight excluding hydrogens is 1840 g/mol. The van der Waals surface area contributed by atoms with Gasteiger partial charge in [0.25, 0.3) is 0 Å². The highest BCUT2D eigenvalue weighted by Crippen LogP contribution is 2.29. The molecule has 4 unspecified atom stereocenters. The van der Waals surface area contributed by atoms with Crippen molar-refractivity contribution >= 4 is 208 Å². The molecule has 0 bridgehead atoms. The standard InChI is InChI=1S/C13H28O6Si4.C12H26O6Si4.C8H26O6Si4.C8H26O5Si4.C7H24O6Si4.C6H20O5Si3/c1-16-23(18-21(4,5)15,13-11-9-8-10-12-13)19-22(6,7)17-20(2,3)14;1-19(2,13)16-21(5,6)18-22(15,17-20(3,4)14)12-10-8-7-9-11-12;1-11-18(8,13-16(4,5)10)14-17(6,7)12-15(2,3)9;1-14(2,9)11-16(5,6)13-17(7,8)12-15(3,4)10;1-14(2,8)11-16(5,6)13-17(7,10)12-15(3,4)9;1-12(2,8)10-14(5,6)11-13(3,4)9-7/h8-12,14-15H,1-7H3;7-11,13-15H,1-6H3;9-10H,1-8H3;9-10H,1-8H3;8-10H,1-7H3;7-8H,1-6H3. The van der Waals surface area contributed by atoms with Gasteiger partial charge in [-0.2, -0.15) is 0 Å². The Morgan fingerprint density at radius 2 is 0.423 bits per heavy atom. The average Bonchev–Trinajstić information content (AvgIpc) is 0.785. The maximum atomic E-state index is 11.0. The van der Waals surface area contributed by atoms with Crippen LogP contribution in [0.1, 0.15) is 0 Å². The number of rotatable bonds is 39. The molecule has 0 aliphatic rings. The zero-order valence-electron chi connectivity index (χ0n) is 74.7. The largest absolute Gasteiger partial charge is 0.519 e. The predicted molar refractivity (Wildman–Crippen MR) is 484 cm³/mol. The zero-order chi connectivity index (χ0) is 89.9. The van der Waals surface area contributed by atoms with Crippen LogP contribution >= 0.6 is 0 Å². The van der Waals surface area contributed by atoms with E-state index in [-0.39, 0.29) is 0 Å². The van der Waals surface area contributed by atoms with Crippen LogP contribution in [0.15, 0.2) is 60.7 Å². The minimum atomic E-state index is -3.84. The SMILES string of the molecule is CO[Si](C)(O[Si](C)(C)O)O[Si](C)(C)O[Si](C)(C)O.CO[Si](O[Si](C)(C)O)(O[Si](C)(C)O[Si](C)(C)O)c1ccccc1.C[Si](C)(O)O[Si](C)(C)O[Si](C)(C)OO.C[Si](C)(O)O[Si](C)(C)O[Si](C)(C)O[Si](C)(C)O.C[Si](C)(O)O[Si](C)(C)O[Si](C)(O)O[Si](C)(C)O.C[Si](C)(O)O[Si](C)(C)O[Si](O)(O[Si](C)(C)O)c1ccccc1. The molecule has 0 aliphatic carbocycles. The van der Waals surface area contributed by atoms with Crippen molar-refractivity contribution in [1.82, 2.24) is 0 Å². The predicted octanol–water partition coefficient (Wildman–Crippen LogP) is 8.05. The van der Waals surface area contributed by atoms with E-state index in [0.717, 1.165) is 5.19 Å². The summed E-state index contributed by atoms with van der Waals surface area (Å²) in [6.07, 6.45) is 0. The van der Waals surface area contributed by atoms with Crippen molar-refractivity contribution in [2.75, 3.05) is 14.2 Å². The summed E-state index contributed by atoms with van der Waals surface area (Å²) in [6, 6.07) is 18.1. The van der Waals surface area contributed by atoms with Crippen molar-refractivity contribution in [3.8, 4) is 0 Å². The third-order valence-electron chi connectivity index (χ3n) is 10.9. The lowest BCUT2D eigenvalue weighted by atomic mass is 10.4. The van der Waals surface area contributed by atoms with Crippen LogP contribution in [0.4, 0.5) is 0 Å². The Kier molecular flexibility index (Phi) is 48.0. The first-order valence-corrected chi connectivity index (χ1v) is 97.7. The lowest BCUT2D eigenvalue weighted by molar-refractivity contribution is -0.164. The van der Waals surface area contributed by atoms with Crippen LogP contribution in [0.5, 0.6) is 0 Å². The van der Waals surface area contributed by atoms with Gasteiger partial charge in [-0.15, -0.1) is 0 Å². The highest BCUT2D eigenvalue weighted by Gasteiger charge is 2.55. The van der Waals surface area contributed by atoms with Gasteiger partial charge in [0.1, 0.15) is 0 Å². The molecule has 0 saturated carbocycles. The van der Waals surface area contributed by atoms with E-state index in [1.54, 1.807) is 214 Å². The molecule has 2 aromatic carbocycles. The molecular formula is C54H150O34Si23. The van der Waals surface area contributed by atoms with Crippen LogP contribution < -0.4 is 10.4 Å². The smallest absolute Gasteiger partial charge is 0.416 e. The maximum absolute atomic E-state index is 11.0. The molecule has 0 aromatic heterocycles. The van der Waals surface area contributed by atoms with Gasteiger partial charge in [0, 0.05) is 37.7 Å². The normalized spacial score (nSPS) is 16.4. The summed E-state index contributed by atoms with van der Waals surface area (Å²) >= 11 is 0. The third-order valence-corrected chi connectivity index (χ3v) is 76.5. The average molecular weight is 1990 g/mol. The van der Waals surface area contributed by atoms with Crippen molar-refractivity contribution in [1.29, 1.82) is 0 Å². The lowest BCUT2D eigenvalue weighted by Crippen LogP contribution is -2.66. The van der Waals surface area contributed by atoms with Crippen LogP contribution in [0.2, 0.25) is 262 Å². The van der Waals surface area contributed by atoms with Crippen molar-refractivity contribution in [3.05, 3.63) is 60.7 Å². The van der Waals surface area contributed by atoms with E-state index in [9.17, 15) is 62.3 Å². The minimum Gasteiger partial charge on any atom is -0.416 e. The second kappa shape index (κ2) is 44.6. The van der Waals surface area contributed by atoms with Gasteiger partial charge in [0.15, 0.2) is 0 Å². The Hall–Kier alpha value is 2.07. The summed E-state index contributed by atoms with van der Waals surface area (Å²) in [4.78, 5) is 130. The van der Waals surface area contributed by atoms with Gasteiger partial charge in [-0.25, -0.2) is 0 Å². The summed E-state index contributed by atoms with van der Waals surface area (Å²) < 4.78 is 112. The summed E-state index contributed by atoms with van der Waals surface area (Å²) in [5, 5.41) is 9.88. The first kappa shape index (κ1) is 119. The molecule has 0 amide bonds. The van der Waals surface area contributed by atoms with Crippen LogP contribution in [0.25, 0.3) is 0 Å². The van der Waals surface area contributed by atoms with Crippen molar-refractivity contribution in [2.45, 2.75) is 262 Å². The molecule has 34 nitrogen and oxygen atoms in total. The van der Waals surface area contributed by atoms with E-state index in [1.165, 1.54) is 20.8 Å². The summed E-state index contributed by atoms with van der Waals surface area (Å²) in [5.74, 6) is 0. The monoisotopic (exact) mass is 1990 g/mol. The molecule has 0 heterocycles. The molecule has 0 spiro atoms. The van der Waals surface area contributed by atoms with E-state index >= 15 is 0 Å². The van der Waals surface area contributed by atoms with E-state index in [0.29, 0.717) is 5.19 Å². The molecule has 2 rings (SSSR count). The molecule has 662 valence electrons. The summed E-state index contributed by atoms with van der Waals surface area (Å²) in [6.45, 7) is 68.5. The van der Waals surface area contributed by atoms with Crippen LogP contribution in [0.3, 0.4) is 0 Å². The van der Waals surface area contributed by atoms with Gasteiger partial charge in [-0.05, 0) is 249 Å². The van der Waals surface area contributed by atoms with Crippen molar-refractivity contribution in [2.24, 2.45) is 0 Å². The van der Waals surface area contributed by atoms with E-state index in [4.69, 9.17) is 84.1 Å². The van der Waals surface area contributed by atoms with Gasteiger partial charge < -0.3 is 141 Å². The number of hydrogen-bond donors (Lipinski definition) is 14. The Morgan fingerprint density at radius 1 is 0.198 bits per heavy atom. The van der Waals surface area contributed by atoms with E-state index in [2.05, 4.69) is 4.58 Å². The van der Waals surface area contributed by atoms with Gasteiger partial charge in [0.05, 0.1) is 0 Å². The van der Waals surface area contributed by atoms with Crippen LogP contribution in [-0.2, 0) is 83.4 Å². The fourth-order valence-corrected chi connectivity index (χ4v) is 89.7. The van der Waals surface area contributed by atoms with Gasteiger partial charge in [-0.3, -0.25) is 9.83 Å². The highest BCUT2D eigenvalue weighted by atomic mass is 28.5. The molecule has 0 radical (unpaired) electrons. The molecule has 0 saturated heterocycles. The first-order chi connectivity index (χ1) is 47.9. The first-order valence-electron chi connectivity index (χ1n) is 35.8. The molecule has 4 atom stereocenters. The fraction of sp³-hybridized carbons (Fsp3) is 0.778. The Balaban J connectivity index is -0.000000624. The fourth-order valence-electron chi connectivity index (χ4n) is 10.6. The van der Waals surface area contributed by atoms with Crippen LogP contribution in [-0.4, -0.2) is 280 Å². The van der Waals surface area contributed by atoms with Crippen molar-refractivity contribution in [3.63, 3.8) is 0 Å². The number of hydrogen-bond acceptors (Lipinski definition) is 34. The third kappa shape index (κ3) is 68.2. The van der Waals surface area contributed by atoms with Crippen molar-refractivity contribution < 1.29 is 151 Å². The Bertz CT molecular complexity index is 2840. The van der Waals surface area contributed by atoms with Gasteiger partial charge in [-0.1, -0.05) is 60.7 Å². The zero-order valence-corrected chi connectivity index (χ0v) is 97.7. The van der Waals surface area contributed by atoms with E-state index in [1.807, 2.05) is 102 Å². The minimum absolute atomic E-state index is 0.506. The van der Waals surface area contributed by atoms with Gasteiger partial charge in [0.2, 0.25) is 0 Å². The van der Waals surface area contributed by atoms with Gasteiger partial charge >= 0.3 is 198 Å². The second-order valence-corrected chi connectivity index (χ2v) is 111. The summed E-state index contributed by atoms with van der Waals surface area (Å²) in [5.41, 5.74) is 0. The molecule has 111 heavy (non-hydrogen) atoms. The Morgan fingerprint density at radius 3 is 0.667 bits per heavy atom. The lowest BCUT2D eigenvalue weighted by Gasteiger charge is -2.39. The molecule has 0 aliphatic heterocycles. The maximum Gasteiger partial charge on any atom is 0.519 e. The second-order valence-electron chi connectivity index (χ2n) is 35.0. The topological polar surface area (TPSA) is 468 Å². The molecule has 57 heteroatoms. The molecule has 2 aromatic rings. The molecule has 14 N–H and O–H groups in total. The number of benzene rings is 2. The quantitative estimate of drug-likeness (QED) is 0.0171. The molecule has 0 fully saturated rings. The summed E-state index contributed by atoms with van der Waals surface area (Å²) in [7, 11) is -61.4.